The van der Waals surface area contributed by atoms with Gasteiger partial charge >= 0.3 is 0 Å². The lowest BCUT2D eigenvalue weighted by molar-refractivity contribution is 0.1000. The highest BCUT2D eigenvalue weighted by Gasteiger charge is 2.10. The predicted octanol–water partition coefficient (Wildman–Crippen LogP) is 2.78. The molecule has 4 heteroatoms. The summed E-state index contributed by atoms with van der Waals surface area (Å²) in [5.74, 6) is 0.940. The van der Waals surface area contributed by atoms with Gasteiger partial charge in [-0.3, -0.25) is 4.79 Å². The van der Waals surface area contributed by atoms with E-state index in [1.165, 1.54) is 0 Å². The van der Waals surface area contributed by atoms with Gasteiger partial charge in [0.25, 0.3) is 0 Å². The molecule has 0 radical (unpaired) electrons. The molecule has 19 heavy (non-hydrogen) atoms. The maximum absolute atomic E-state index is 11.2. The first kappa shape index (κ1) is 13.0. The maximum atomic E-state index is 11.2. The van der Waals surface area contributed by atoms with Gasteiger partial charge in [-0.1, -0.05) is 6.07 Å². The third-order valence-corrected chi connectivity index (χ3v) is 2.82. The highest BCUT2D eigenvalue weighted by atomic mass is 16.5. The molecule has 0 unspecified atom stereocenters. The molecular formula is C15H16N2O2. The fraction of sp³-hybridized carbons (Fsp3) is 0.133. The number of hydrogen-bond acceptors (Lipinski definition) is 3. The van der Waals surface area contributed by atoms with Crippen molar-refractivity contribution in [2.45, 2.75) is 13.8 Å². The maximum Gasteiger partial charge on any atom is 0.248 e. The van der Waals surface area contributed by atoms with Crippen molar-refractivity contribution in [3.8, 4) is 11.5 Å². The van der Waals surface area contributed by atoms with Crippen LogP contribution < -0.4 is 16.2 Å². The Morgan fingerprint density at radius 2 is 1.74 bits per heavy atom. The molecule has 98 valence electrons. The Hall–Kier alpha value is -2.49. The van der Waals surface area contributed by atoms with Crippen molar-refractivity contribution in [1.29, 1.82) is 0 Å². The topological polar surface area (TPSA) is 78.3 Å². The first-order chi connectivity index (χ1) is 8.97. The van der Waals surface area contributed by atoms with Crippen LogP contribution in [-0.2, 0) is 0 Å². The van der Waals surface area contributed by atoms with Gasteiger partial charge in [0.1, 0.15) is 11.5 Å². The lowest BCUT2D eigenvalue weighted by Gasteiger charge is -2.13. The molecule has 0 aliphatic rings. The second kappa shape index (κ2) is 5.02. The molecule has 0 spiro atoms. The molecule has 2 aromatic carbocycles. The minimum absolute atomic E-state index is 0.443. The molecule has 4 nitrogen and oxygen atoms in total. The Balaban J connectivity index is 2.38. The Morgan fingerprint density at radius 3 is 2.26 bits per heavy atom. The van der Waals surface area contributed by atoms with E-state index < -0.39 is 5.91 Å². The number of ether oxygens (including phenoxy) is 1. The fourth-order valence-corrected chi connectivity index (χ4v) is 1.95. The summed E-state index contributed by atoms with van der Waals surface area (Å²) >= 11 is 0. The van der Waals surface area contributed by atoms with Gasteiger partial charge in [-0.05, 0) is 49.2 Å². The largest absolute Gasteiger partial charge is 0.457 e. The van der Waals surface area contributed by atoms with Gasteiger partial charge in [-0.2, -0.15) is 0 Å². The number of nitrogen functional groups attached to an aromatic ring is 1. The van der Waals surface area contributed by atoms with Crippen molar-refractivity contribution < 1.29 is 9.53 Å². The van der Waals surface area contributed by atoms with E-state index in [1.54, 1.807) is 24.3 Å². The van der Waals surface area contributed by atoms with E-state index in [-0.39, 0.29) is 0 Å². The summed E-state index contributed by atoms with van der Waals surface area (Å²) in [4.78, 5) is 11.2. The van der Waals surface area contributed by atoms with Crippen LogP contribution in [0.4, 0.5) is 5.69 Å². The van der Waals surface area contributed by atoms with Crippen LogP contribution >= 0.6 is 0 Å². The lowest BCUT2D eigenvalue weighted by atomic mass is 10.1. The van der Waals surface area contributed by atoms with E-state index in [9.17, 15) is 4.79 Å². The molecule has 2 rings (SSSR count). The van der Waals surface area contributed by atoms with Crippen molar-refractivity contribution in [3.63, 3.8) is 0 Å². The molecule has 0 aromatic heterocycles. The van der Waals surface area contributed by atoms with Gasteiger partial charge in [-0.25, -0.2) is 0 Å². The molecule has 0 heterocycles. The smallest absolute Gasteiger partial charge is 0.248 e. The number of anilines is 1. The Morgan fingerprint density at radius 1 is 1.11 bits per heavy atom. The molecule has 0 fully saturated rings. The Kier molecular flexibility index (Phi) is 3.42. The molecule has 4 N–H and O–H groups in total. The molecule has 0 atom stereocenters. The molecule has 0 bridgehead atoms. The summed E-state index contributed by atoms with van der Waals surface area (Å²) in [6.07, 6.45) is 0. The summed E-state index contributed by atoms with van der Waals surface area (Å²) in [5.41, 5.74) is 13.8. The van der Waals surface area contributed by atoms with Crippen molar-refractivity contribution >= 4 is 11.6 Å². The normalized spacial score (nSPS) is 10.2. The molecule has 0 saturated heterocycles. The zero-order valence-electron chi connectivity index (χ0n) is 10.9. The van der Waals surface area contributed by atoms with E-state index in [2.05, 4.69) is 0 Å². The first-order valence-electron chi connectivity index (χ1n) is 5.92. The molecule has 0 saturated carbocycles. The summed E-state index contributed by atoms with van der Waals surface area (Å²) in [6, 6.07) is 10.6. The summed E-state index contributed by atoms with van der Waals surface area (Å²) in [6.45, 7) is 3.75. The molecule has 2 aromatic rings. The van der Waals surface area contributed by atoms with E-state index in [0.29, 0.717) is 17.0 Å². The monoisotopic (exact) mass is 256 g/mol. The SMILES string of the molecule is Cc1cc(C(N)=O)cc(C)c1Oc1cccc(N)c1. The van der Waals surface area contributed by atoms with E-state index in [4.69, 9.17) is 16.2 Å². The predicted molar refractivity (Wildman–Crippen MR) is 75.4 cm³/mol. The quantitative estimate of drug-likeness (QED) is 0.829. The van der Waals surface area contributed by atoms with Crippen molar-refractivity contribution in [1.82, 2.24) is 0 Å². The molecule has 0 aliphatic carbocycles. The minimum Gasteiger partial charge on any atom is -0.457 e. The van der Waals surface area contributed by atoms with Gasteiger partial charge in [0, 0.05) is 17.3 Å². The zero-order valence-corrected chi connectivity index (χ0v) is 10.9. The average molecular weight is 256 g/mol. The van der Waals surface area contributed by atoms with Crippen LogP contribution in [0, 0.1) is 13.8 Å². The van der Waals surface area contributed by atoms with Crippen LogP contribution in [-0.4, -0.2) is 5.91 Å². The number of carbonyl (C=O) groups excluding carboxylic acids is 1. The van der Waals surface area contributed by atoms with Crippen molar-refractivity contribution in [3.05, 3.63) is 53.1 Å². The molecular weight excluding hydrogens is 240 g/mol. The highest BCUT2D eigenvalue weighted by molar-refractivity contribution is 5.93. The third kappa shape index (κ3) is 2.85. The summed E-state index contributed by atoms with van der Waals surface area (Å²) < 4.78 is 5.82. The van der Waals surface area contributed by atoms with Gasteiger partial charge in [-0.15, -0.1) is 0 Å². The summed E-state index contributed by atoms with van der Waals surface area (Å²) in [7, 11) is 0. The fourth-order valence-electron chi connectivity index (χ4n) is 1.95. The van der Waals surface area contributed by atoms with Crippen molar-refractivity contribution in [2.24, 2.45) is 5.73 Å². The van der Waals surface area contributed by atoms with Crippen LogP contribution in [0.1, 0.15) is 21.5 Å². The zero-order chi connectivity index (χ0) is 14.0. The molecule has 0 aliphatic heterocycles. The van der Waals surface area contributed by atoms with Gasteiger partial charge in [0.05, 0.1) is 0 Å². The van der Waals surface area contributed by atoms with Crippen LogP contribution in [0.25, 0.3) is 0 Å². The molecule has 1 amide bonds. The number of primary amides is 1. The van der Waals surface area contributed by atoms with E-state index >= 15 is 0 Å². The number of nitrogens with two attached hydrogens (primary N) is 2. The average Bonchev–Trinajstić information content (AvgIpc) is 2.33. The first-order valence-corrected chi connectivity index (χ1v) is 5.92. The van der Waals surface area contributed by atoms with Crippen LogP contribution in [0.3, 0.4) is 0 Å². The Bertz CT molecular complexity index is 613. The van der Waals surface area contributed by atoms with E-state index in [0.717, 1.165) is 16.9 Å². The Labute approximate surface area is 112 Å². The number of hydrogen-bond donors (Lipinski definition) is 2. The van der Waals surface area contributed by atoms with Crippen LogP contribution in [0.2, 0.25) is 0 Å². The van der Waals surface area contributed by atoms with Gasteiger partial charge in [0.15, 0.2) is 0 Å². The second-order valence-corrected chi connectivity index (χ2v) is 4.48. The third-order valence-electron chi connectivity index (χ3n) is 2.82. The number of carbonyl (C=O) groups is 1. The lowest BCUT2D eigenvalue weighted by Crippen LogP contribution is -2.11. The van der Waals surface area contributed by atoms with Gasteiger partial charge < -0.3 is 16.2 Å². The number of benzene rings is 2. The number of rotatable bonds is 3. The van der Waals surface area contributed by atoms with Gasteiger partial charge in [0.2, 0.25) is 5.91 Å². The number of amides is 1. The number of aryl methyl sites for hydroxylation is 2. The minimum atomic E-state index is -0.443. The summed E-state index contributed by atoms with van der Waals surface area (Å²) in [5, 5.41) is 0. The van der Waals surface area contributed by atoms with Crippen LogP contribution in [0.5, 0.6) is 11.5 Å². The second-order valence-electron chi connectivity index (χ2n) is 4.48. The van der Waals surface area contributed by atoms with Crippen LogP contribution in [0.15, 0.2) is 36.4 Å². The van der Waals surface area contributed by atoms with Crippen molar-refractivity contribution in [2.75, 3.05) is 5.73 Å². The standard InChI is InChI=1S/C15H16N2O2/c1-9-6-11(15(17)18)7-10(2)14(9)19-13-5-3-4-12(16)8-13/h3-8H,16H2,1-2H3,(H2,17,18). The van der Waals surface area contributed by atoms with E-state index in [1.807, 2.05) is 26.0 Å². The highest BCUT2D eigenvalue weighted by Crippen LogP contribution is 2.30.